The van der Waals surface area contributed by atoms with Crippen LogP contribution in [0, 0.1) is 0 Å². The quantitative estimate of drug-likeness (QED) is 0.910. The molecule has 0 aliphatic heterocycles. The highest BCUT2D eigenvalue weighted by Crippen LogP contribution is 2.41. The molecule has 2 aromatic rings. The third-order valence-electron chi connectivity index (χ3n) is 4.05. The van der Waals surface area contributed by atoms with E-state index in [1.165, 1.54) is 29.7 Å². The molecule has 0 bridgehead atoms. The van der Waals surface area contributed by atoms with Crippen LogP contribution >= 0.6 is 15.9 Å². The van der Waals surface area contributed by atoms with E-state index in [4.69, 9.17) is 4.42 Å². The molecule has 0 aromatic carbocycles. The van der Waals surface area contributed by atoms with E-state index in [2.05, 4.69) is 45.3 Å². The van der Waals surface area contributed by atoms with Gasteiger partial charge in [-0.2, -0.15) is 0 Å². The third kappa shape index (κ3) is 2.54. The molecule has 0 saturated heterocycles. The topological polar surface area (TPSA) is 38.1 Å². The molecular formula is C16H19BrN2O. The Kier molecular flexibility index (Phi) is 4.22. The largest absolute Gasteiger partial charge is 0.457 e. The first-order valence-electron chi connectivity index (χ1n) is 7.21. The second-order valence-corrected chi connectivity index (χ2v) is 5.95. The number of furan rings is 1. The summed E-state index contributed by atoms with van der Waals surface area (Å²) >= 11 is 3.52. The second kappa shape index (κ2) is 6.10. The molecule has 3 rings (SSSR count). The number of nitrogens with one attached hydrogen (secondary N) is 1. The summed E-state index contributed by atoms with van der Waals surface area (Å²) < 4.78 is 6.25. The predicted octanol–water partition coefficient (Wildman–Crippen LogP) is 4.21. The summed E-state index contributed by atoms with van der Waals surface area (Å²) in [6.45, 7) is 3.07. The number of likely N-dealkylation sites (N-methyl/N-ethyl adjacent to an activating group) is 1. The van der Waals surface area contributed by atoms with Crippen molar-refractivity contribution in [2.75, 3.05) is 6.54 Å². The Balaban J connectivity index is 1.99. The molecule has 0 spiro atoms. The lowest BCUT2D eigenvalue weighted by atomic mass is 9.80. The minimum Gasteiger partial charge on any atom is -0.457 e. The summed E-state index contributed by atoms with van der Waals surface area (Å²) in [6, 6.07) is 6.55. The average molecular weight is 335 g/mol. The van der Waals surface area contributed by atoms with Crippen LogP contribution in [0.1, 0.15) is 48.5 Å². The van der Waals surface area contributed by atoms with Crippen LogP contribution in [0.15, 0.2) is 39.7 Å². The van der Waals surface area contributed by atoms with Crippen molar-refractivity contribution >= 4 is 15.9 Å². The summed E-state index contributed by atoms with van der Waals surface area (Å²) in [4.78, 5) is 4.66. The third-order valence-corrected chi connectivity index (χ3v) is 4.69. The van der Waals surface area contributed by atoms with Gasteiger partial charge in [-0.3, -0.25) is 4.98 Å². The average Bonchev–Trinajstić information content (AvgIpc) is 2.90. The van der Waals surface area contributed by atoms with Crippen molar-refractivity contribution in [2.45, 2.75) is 38.1 Å². The van der Waals surface area contributed by atoms with E-state index >= 15 is 0 Å². The van der Waals surface area contributed by atoms with Gasteiger partial charge in [-0.05, 0) is 59.4 Å². The van der Waals surface area contributed by atoms with Crippen LogP contribution in [0.25, 0.3) is 0 Å². The van der Waals surface area contributed by atoms with Crippen LogP contribution in [0.2, 0.25) is 0 Å². The number of aryl methyl sites for hydroxylation is 1. The number of hydrogen-bond donors (Lipinski definition) is 1. The van der Waals surface area contributed by atoms with E-state index < -0.39 is 0 Å². The van der Waals surface area contributed by atoms with E-state index in [9.17, 15) is 0 Å². The minimum absolute atomic E-state index is 0.252. The molecule has 0 saturated carbocycles. The van der Waals surface area contributed by atoms with Crippen LogP contribution in [-0.4, -0.2) is 11.5 Å². The molecule has 2 heterocycles. The normalized spacial score (nSPS) is 19.6. The lowest BCUT2D eigenvalue weighted by Crippen LogP contribution is -2.29. The molecule has 1 aliphatic rings. The van der Waals surface area contributed by atoms with Crippen molar-refractivity contribution in [1.29, 1.82) is 0 Å². The first-order chi connectivity index (χ1) is 9.81. The SMILES string of the molecule is CCNC(c1ccoc1Br)C1CCCc2cccnc21. The Morgan fingerprint density at radius 2 is 2.40 bits per heavy atom. The van der Waals surface area contributed by atoms with Crippen molar-refractivity contribution in [1.82, 2.24) is 10.3 Å². The fourth-order valence-electron chi connectivity index (χ4n) is 3.19. The van der Waals surface area contributed by atoms with Crippen molar-refractivity contribution in [3.8, 4) is 0 Å². The highest BCUT2D eigenvalue weighted by molar-refractivity contribution is 9.10. The number of hydrogen-bond acceptors (Lipinski definition) is 3. The van der Waals surface area contributed by atoms with Gasteiger partial charge in [0.1, 0.15) is 0 Å². The Morgan fingerprint density at radius 3 is 3.15 bits per heavy atom. The van der Waals surface area contributed by atoms with Gasteiger partial charge in [0.15, 0.2) is 4.67 Å². The summed E-state index contributed by atoms with van der Waals surface area (Å²) in [5.74, 6) is 0.411. The Labute approximate surface area is 127 Å². The molecule has 1 aliphatic carbocycles. The van der Waals surface area contributed by atoms with Crippen molar-refractivity contribution in [3.05, 3.63) is 52.1 Å². The van der Waals surface area contributed by atoms with Gasteiger partial charge in [0.05, 0.1) is 6.26 Å². The first kappa shape index (κ1) is 13.8. The maximum Gasteiger partial charge on any atom is 0.173 e. The monoisotopic (exact) mass is 334 g/mol. The van der Waals surface area contributed by atoms with Crippen molar-refractivity contribution in [2.24, 2.45) is 0 Å². The number of nitrogens with zero attached hydrogens (tertiary/aromatic N) is 1. The van der Waals surface area contributed by atoms with Gasteiger partial charge in [0.2, 0.25) is 0 Å². The van der Waals surface area contributed by atoms with Gasteiger partial charge in [-0.15, -0.1) is 0 Å². The molecule has 20 heavy (non-hydrogen) atoms. The highest BCUT2D eigenvalue weighted by atomic mass is 79.9. The number of fused-ring (bicyclic) bond motifs is 1. The lowest BCUT2D eigenvalue weighted by molar-refractivity contribution is 0.394. The molecule has 0 fully saturated rings. The van der Waals surface area contributed by atoms with E-state index in [1.54, 1.807) is 6.26 Å². The Bertz CT molecular complexity index is 581. The van der Waals surface area contributed by atoms with Crippen LogP contribution < -0.4 is 5.32 Å². The van der Waals surface area contributed by atoms with E-state index in [1.807, 2.05) is 12.3 Å². The van der Waals surface area contributed by atoms with Gasteiger partial charge in [0, 0.05) is 29.4 Å². The standard InChI is InChI=1S/C16H19BrN2O/c1-2-18-15(13-8-10-20-16(13)17)12-7-3-5-11-6-4-9-19-14(11)12/h4,6,8-10,12,15,18H,2-3,5,7H2,1H3. The molecular weight excluding hydrogens is 316 g/mol. The predicted molar refractivity (Wildman–Crippen MR) is 82.7 cm³/mol. The molecule has 1 N–H and O–H groups in total. The van der Waals surface area contributed by atoms with Gasteiger partial charge >= 0.3 is 0 Å². The highest BCUT2D eigenvalue weighted by Gasteiger charge is 2.31. The number of halogens is 1. The number of pyridine rings is 1. The van der Waals surface area contributed by atoms with Gasteiger partial charge < -0.3 is 9.73 Å². The molecule has 106 valence electrons. The smallest absolute Gasteiger partial charge is 0.173 e. The zero-order valence-corrected chi connectivity index (χ0v) is 13.2. The van der Waals surface area contributed by atoms with E-state index in [0.29, 0.717) is 5.92 Å². The molecule has 2 atom stereocenters. The maximum absolute atomic E-state index is 5.43. The summed E-state index contributed by atoms with van der Waals surface area (Å²) in [7, 11) is 0. The zero-order chi connectivity index (χ0) is 13.9. The van der Waals surface area contributed by atoms with E-state index in [0.717, 1.165) is 17.6 Å². The number of rotatable bonds is 4. The fraction of sp³-hybridized carbons (Fsp3) is 0.438. The molecule has 2 unspecified atom stereocenters. The van der Waals surface area contributed by atoms with Crippen molar-refractivity contribution < 1.29 is 4.42 Å². The molecule has 2 aromatic heterocycles. The first-order valence-corrected chi connectivity index (χ1v) is 8.00. The number of aromatic nitrogens is 1. The van der Waals surface area contributed by atoms with Crippen LogP contribution in [-0.2, 0) is 6.42 Å². The lowest BCUT2D eigenvalue weighted by Gasteiger charge is -2.31. The summed E-state index contributed by atoms with van der Waals surface area (Å²) in [5, 5.41) is 3.61. The van der Waals surface area contributed by atoms with Crippen molar-refractivity contribution in [3.63, 3.8) is 0 Å². The summed E-state index contributed by atoms with van der Waals surface area (Å²) in [5.41, 5.74) is 3.83. The molecule has 3 nitrogen and oxygen atoms in total. The van der Waals surface area contributed by atoms with Crippen LogP contribution in [0.5, 0.6) is 0 Å². The minimum atomic E-state index is 0.252. The van der Waals surface area contributed by atoms with E-state index in [-0.39, 0.29) is 6.04 Å². The van der Waals surface area contributed by atoms with Crippen LogP contribution in [0.4, 0.5) is 0 Å². The maximum atomic E-state index is 5.43. The second-order valence-electron chi connectivity index (χ2n) is 5.23. The fourth-order valence-corrected chi connectivity index (χ4v) is 3.67. The molecule has 0 radical (unpaired) electrons. The van der Waals surface area contributed by atoms with Gasteiger partial charge in [0.25, 0.3) is 0 Å². The summed E-state index contributed by atoms with van der Waals surface area (Å²) in [6.07, 6.45) is 7.18. The molecule has 4 heteroatoms. The Hall–Kier alpha value is -1.13. The van der Waals surface area contributed by atoms with Crippen LogP contribution in [0.3, 0.4) is 0 Å². The van der Waals surface area contributed by atoms with Gasteiger partial charge in [-0.1, -0.05) is 13.0 Å². The zero-order valence-electron chi connectivity index (χ0n) is 11.6. The molecule has 0 amide bonds. The van der Waals surface area contributed by atoms with Gasteiger partial charge in [-0.25, -0.2) is 0 Å². The Morgan fingerprint density at radius 1 is 1.50 bits per heavy atom.